The molecular weight excluding hydrogens is 236 g/mol. The van der Waals surface area contributed by atoms with E-state index in [1.54, 1.807) is 6.07 Å². The van der Waals surface area contributed by atoms with Gasteiger partial charge in [0.1, 0.15) is 5.54 Å². The molecule has 96 valence electrons. The Hall–Kier alpha value is -2.18. The van der Waals surface area contributed by atoms with Crippen molar-refractivity contribution in [2.24, 2.45) is 0 Å². The van der Waals surface area contributed by atoms with Crippen molar-refractivity contribution in [2.75, 3.05) is 5.32 Å². The molecule has 1 aromatic heterocycles. The minimum Gasteiger partial charge on any atom is -0.480 e. The monoisotopic (exact) mass is 250 g/mol. The first-order valence-corrected chi connectivity index (χ1v) is 5.72. The van der Waals surface area contributed by atoms with Crippen LogP contribution in [0.2, 0.25) is 0 Å². The number of carbonyl (C=O) groups excluding carboxylic acids is 1. The first kappa shape index (κ1) is 12.3. The first-order chi connectivity index (χ1) is 8.62. The van der Waals surface area contributed by atoms with Gasteiger partial charge in [0.15, 0.2) is 0 Å². The molecule has 1 aliphatic rings. The third kappa shape index (κ3) is 2.55. The zero-order valence-electron chi connectivity index (χ0n) is 9.72. The van der Waals surface area contributed by atoms with E-state index >= 15 is 0 Å². The molecule has 1 saturated carbocycles. The van der Waals surface area contributed by atoms with E-state index < -0.39 is 17.5 Å². The molecule has 0 aliphatic heterocycles. The lowest BCUT2D eigenvalue weighted by Gasteiger charge is -2.25. The molecule has 0 saturated heterocycles. The third-order valence-corrected chi connectivity index (χ3v) is 3.01. The van der Waals surface area contributed by atoms with Crippen LogP contribution in [0.25, 0.3) is 0 Å². The van der Waals surface area contributed by atoms with E-state index in [1.165, 1.54) is 12.4 Å². The van der Waals surface area contributed by atoms with Crippen LogP contribution in [-0.4, -0.2) is 32.6 Å². The molecule has 0 bridgehead atoms. The van der Waals surface area contributed by atoms with Crippen LogP contribution in [0.3, 0.4) is 0 Å². The lowest BCUT2D eigenvalue weighted by atomic mass is 9.98. The highest BCUT2D eigenvalue weighted by Crippen LogP contribution is 2.29. The molecule has 0 aromatic carbocycles. The molecule has 0 radical (unpaired) electrons. The summed E-state index contributed by atoms with van der Waals surface area (Å²) in [6.45, 7) is 0. The first-order valence-electron chi connectivity index (χ1n) is 5.72. The number of hydrogen-bond donors (Lipinski definition) is 3. The number of aromatic nitrogens is 2. The standard InChI is InChI=1S/C11H14N4O3/c16-8(17)11(4-1-2-5-11)15-10(18)14-9-12-6-3-7-13-9/h3,6-7H,1-2,4-5H2,(H,16,17)(H2,12,13,14,15,18). The Morgan fingerprint density at radius 1 is 1.22 bits per heavy atom. The molecule has 1 aliphatic carbocycles. The SMILES string of the molecule is O=C(Nc1ncccn1)NC1(C(=O)O)CCCC1. The second-order valence-electron chi connectivity index (χ2n) is 4.25. The van der Waals surface area contributed by atoms with E-state index in [1.807, 2.05) is 0 Å². The maximum Gasteiger partial charge on any atom is 0.329 e. The van der Waals surface area contributed by atoms with Gasteiger partial charge in [-0.25, -0.2) is 19.6 Å². The topological polar surface area (TPSA) is 104 Å². The fourth-order valence-corrected chi connectivity index (χ4v) is 2.08. The van der Waals surface area contributed by atoms with E-state index in [9.17, 15) is 14.7 Å². The number of amides is 2. The molecule has 3 N–H and O–H groups in total. The van der Waals surface area contributed by atoms with Gasteiger partial charge < -0.3 is 10.4 Å². The quantitative estimate of drug-likeness (QED) is 0.742. The van der Waals surface area contributed by atoms with Gasteiger partial charge in [-0.05, 0) is 18.9 Å². The average Bonchev–Trinajstić information content (AvgIpc) is 2.80. The van der Waals surface area contributed by atoms with Crippen molar-refractivity contribution in [1.29, 1.82) is 0 Å². The lowest BCUT2D eigenvalue weighted by Crippen LogP contribution is -2.53. The van der Waals surface area contributed by atoms with E-state index in [0.29, 0.717) is 12.8 Å². The van der Waals surface area contributed by atoms with Crippen LogP contribution in [0.4, 0.5) is 10.7 Å². The van der Waals surface area contributed by atoms with Crippen molar-refractivity contribution in [3.8, 4) is 0 Å². The molecule has 7 nitrogen and oxygen atoms in total. The third-order valence-electron chi connectivity index (χ3n) is 3.01. The predicted molar refractivity (Wildman–Crippen MR) is 63.0 cm³/mol. The average molecular weight is 250 g/mol. The van der Waals surface area contributed by atoms with Crippen LogP contribution in [-0.2, 0) is 4.79 Å². The van der Waals surface area contributed by atoms with Gasteiger partial charge in [0, 0.05) is 12.4 Å². The van der Waals surface area contributed by atoms with Gasteiger partial charge in [-0.3, -0.25) is 5.32 Å². The molecule has 7 heteroatoms. The van der Waals surface area contributed by atoms with Crippen molar-refractivity contribution in [3.63, 3.8) is 0 Å². The molecule has 1 fully saturated rings. The Labute approximate surface area is 104 Å². The largest absolute Gasteiger partial charge is 0.480 e. The Balaban J connectivity index is 2.00. The summed E-state index contributed by atoms with van der Waals surface area (Å²) < 4.78 is 0. The molecule has 18 heavy (non-hydrogen) atoms. The summed E-state index contributed by atoms with van der Waals surface area (Å²) in [5.74, 6) is -0.849. The van der Waals surface area contributed by atoms with Gasteiger partial charge in [-0.1, -0.05) is 12.8 Å². The summed E-state index contributed by atoms with van der Waals surface area (Å²) >= 11 is 0. The Morgan fingerprint density at radius 2 is 1.83 bits per heavy atom. The van der Waals surface area contributed by atoms with Gasteiger partial charge >= 0.3 is 12.0 Å². The predicted octanol–water partition coefficient (Wildman–Crippen LogP) is 0.995. The summed E-state index contributed by atoms with van der Waals surface area (Å²) in [5.41, 5.74) is -1.15. The van der Waals surface area contributed by atoms with Gasteiger partial charge in [0.05, 0.1) is 0 Å². The second kappa shape index (κ2) is 4.99. The summed E-state index contributed by atoms with van der Waals surface area (Å²) in [4.78, 5) is 30.6. The summed E-state index contributed by atoms with van der Waals surface area (Å²) in [5, 5.41) is 14.1. The van der Waals surface area contributed by atoms with E-state index in [-0.39, 0.29) is 5.95 Å². The van der Waals surface area contributed by atoms with Crippen molar-refractivity contribution in [2.45, 2.75) is 31.2 Å². The maximum atomic E-state index is 11.7. The molecular formula is C11H14N4O3. The van der Waals surface area contributed by atoms with Crippen LogP contribution in [0.5, 0.6) is 0 Å². The van der Waals surface area contributed by atoms with E-state index in [0.717, 1.165) is 12.8 Å². The van der Waals surface area contributed by atoms with E-state index in [2.05, 4.69) is 20.6 Å². The number of urea groups is 1. The number of carboxylic acids is 1. The zero-order valence-corrected chi connectivity index (χ0v) is 9.72. The number of anilines is 1. The molecule has 2 amide bonds. The fraction of sp³-hybridized carbons (Fsp3) is 0.455. The lowest BCUT2D eigenvalue weighted by molar-refractivity contribution is -0.144. The Kier molecular flexibility index (Phi) is 3.40. The summed E-state index contributed by atoms with van der Waals surface area (Å²) in [6, 6.07) is 1.03. The molecule has 1 aromatic rings. The summed E-state index contributed by atoms with van der Waals surface area (Å²) in [7, 11) is 0. The number of nitrogens with one attached hydrogen (secondary N) is 2. The minimum absolute atomic E-state index is 0.147. The van der Waals surface area contributed by atoms with Crippen molar-refractivity contribution in [3.05, 3.63) is 18.5 Å². The molecule has 0 atom stereocenters. The number of nitrogens with zero attached hydrogens (tertiary/aromatic N) is 2. The zero-order chi connectivity index (χ0) is 13.0. The van der Waals surface area contributed by atoms with Crippen LogP contribution in [0.1, 0.15) is 25.7 Å². The molecule has 0 unspecified atom stereocenters. The number of carbonyl (C=O) groups is 2. The normalized spacial score (nSPS) is 17.1. The van der Waals surface area contributed by atoms with Gasteiger partial charge in [-0.15, -0.1) is 0 Å². The number of carboxylic acid groups (broad SMARTS) is 1. The van der Waals surface area contributed by atoms with Crippen LogP contribution >= 0.6 is 0 Å². The Morgan fingerprint density at radius 3 is 2.39 bits per heavy atom. The number of hydrogen-bond acceptors (Lipinski definition) is 4. The number of rotatable bonds is 3. The van der Waals surface area contributed by atoms with Crippen molar-refractivity contribution >= 4 is 17.9 Å². The number of aliphatic carboxylic acids is 1. The Bertz CT molecular complexity index is 443. The van der Waals surface area contributed by atoms with Gasteiger partial charge in [0.25, 0.3) is 0 Å². The van der Waals surface area contributed by atoms with Gasteiger partial charge in [-0.2, -0.15) is 0 Å². The van der Waals surface area contributed by atoms with Crippen molar-refractivity contribution in [1.82, 2.24) is 15.3 Å². The highest BCUT2D eigenvalue weighted by Gasteiger charge is 2.42. The van der Waals surface area contributed by atoms with Crippen LogP contribution in [0.15, 0.2) is 18.5 Å². The molecule has 1 heterocycles. The molecule has 0 spiro atoms. The summed E-state index contributed by atoms with van der Waals surface area (Å²) in [6.07, 6.45) is 5.48. The van der Waals surface area contributed by atoms with Gasteiger partial charge in [0.2, 0.25) is 5.95 Å². The smallest absolute Gasteiger partial charge is 0.329 e. The molecule has 2 rings (SSSR count). The fourth-order valence-electron chi connectivity index (χ4n) is 2.08. The highest BCUT2D eigenvalue weighted by molar-refractivity contribution is 5.92. The van der Waals surface area contributed by atoms with Crippen LogP contribution < -0.4 is 10.6 Å². The van der Waals surface area contributed by atoms with Crippen LogP contribution in [0, 0.1) is 0 Å². The second-order valence-corrected chi connectivity index (χ2v) is 4.25. The highest BCUT2D eigenvalue weighted by atomic mass is 16.4. The van der Waals surface area contributed by atoms with E-state index in [4.69, 9.17) is 0 Å². The maximum absolute atomic E-state index is 11.7. The minimum atomic E-state index is -1.15. The van der Waals surface area contributed by atoms with Crippen molar-refractivity contribution < 1.29 is 14.7 Å².